The van der Waals surface area contributed by atoms with Crippen LogP contribution in [0.2, 0.25) is 0 Å². The van der Waals surface area contributed by atoms with E-state index < -0.39 is 0 Å². The standard InChI is InChI=1S/C12H12N2O2/c1-15-12-5-4-9(7-13-12)10-6-11(16-14-10)8-2-3-8/h4-8H,2-3H2,1H3. The number of hydrogen-bond acceptors (Lipinski definition) is 4. The van der Waals surface area contributed by atoms with Crippen molar-refractivity contribution < 1.29 is 9.26 Å². The van der Waals surface area contributed by atoms with Crippen LogP contribution < -0.4 is 4.74 Å². The van der Waals surface area contributed by atoms with Crippen LogP contribution in [0.3, 0.4) is 0 Å². The first-order valence-electron chi connectivity index (χ1n) is 5.34. The summed E-state index contributed by atoms with van der Waals surface area (Å²) in [6.45, 7) is 0. The maximum Gasteiger partial charge on any atom is 0.212 e. The Labute approximate surface area is 93.2 Å². The molecule has 2 heterocycles. The molecule has 16 heavy (non-hydrogen) atoms. The van der Waals surface area contributed by atoms with Gasteiger partial charge in [-0.2, -0.15) is 0 Å². The lowest BCUT2D eigenvalue weighted by molar-refractivity contribution is 0.386. The molecule has 0 unspecified atom stereocenters. The van der Waals surface area contributed by atoms with Gasteiger partial charge in [0.1, 0.15) is 11.5 Å². The highest BCUT2D eigenvalue weighted by atomic mass is 16.5. The van der Waals surface area contributed by atoms with E-state index in [4.69, 9.17) is 9.26 Å². The van der Waals surface area contributed by atoms with Gasteiger partial charge in [0.05, 0.1) is 7.11 Å². The summed E-state index contributed by atoms with van der Waals surface area (Å²) < 4.78 is 10.3. The second-order valence-corrected chi connectivity index (χ2v) is 3.98. The molecule has 0 bridgehead atoms. The highest BCUT2D eigenvalue weighted by molar-refractivity contribution is 5.58. The first-order valence-corrected chi connectivity index (χ1v) is 5.34. The molecular weight excluding hydrogens is 204 g/mol. The van der Waals surface area contributed by atoms with Crippen LogP contribution in [0.4, 0.5) is 0 Å². The largest absolute Gasteiger partial charge is 0.481 e. The zero-order chi connectivity index (χ0) is 11.0. The predicted octanol–water partition coefficient (Wildman–Crippen LogP) is 2.62. The minimum absolute atomic E-state index is 0.590. The molecule has 0 spiro atoms. The third-order valence-electron chi connectivity index (χ3n) is 2.75. The molecule has 1 aliphatic carbocycles. The molecular formula is C12H12N2O2. The maximum absolute atomic E-state index is 5.29. The molecule has 0 amide bonds. The van der Waals surface area contributed by atoms with Crippen LogP contribution >= 0.6 is 0 Å². The molecule has 82 valence electrons. The molecule has 4 heteroatoms. The normalized spacial score (nSPS) is 15.1. The number of aromatic nitrogens is 2. The Bertz CT molecular complexity index is 486. The Morgan fingerprint density at radius 2 is 2.25 bits per heavy atom. The van der Waals surface area contributed by atoms with Crippen molar-refractivity contribution in [2.45, 2.75) is 18.8 Å². The monoisotopic (exact) mass is 216 g/mol. The zero-order valence-electron chi connectivity index (χ0n) is 9.01. The summed E-state index contributed by atoms with van der Waals surface area (Å²) >= 11 is 0. The van der Waals surface area contributed by atoms with Crippen molar-refractivity contribution in [2.75, 3.05) is 7.11 Å². The molecule has 0 N–H and O–H groups in total. The van der Waals surface area contributed by atoms with Crippen LogP contribution in [0.5, 0.6) is 5.88 Å². The highest BCUT2D eigenvalue weighted by Crippen LogP contribution is 2.41. The summed E-state index contributed by atoms with van der Waals surface area (Å²) in [4.78, 5) is 4.14. The fourth-order valence-corrected chi connectivity index (χ4v) is 1.64. The van der Waals surface area contributed by atoms with Crippen molar-refractivity contribution in [3.63, 3.8) is 0 Å². The quantitative estimate of drug-likeness (QED) is 0.791. The summed E-state index contributed by atoms with van der Waals surface area (Å²) in [6.07, 6.45) is 4.18. The van der Waals surface area contributed by atoms with E-state index in [1.54, 1.807) is 13.3 Å². The molecule has 0 aromatic carbocycles. The zero-order valence-corrected chi connectivity index (χ0v) is 9.01. The van der Waals surface area contributed by atoms with Crippen molar-refractivity contribution in [3.05, 3.63) is 30.2 Å². The molecule has 0 atom stereocenters. The molecule has 1 saturated carbocycles. The number of pyridine rings is 1. The van der Waals surface area contributed by atoms with Crippen LogP contribution in [-0.4, -0.2) is 17.3 Å². The van der Waals surface area contributed by atoms with Gasteiger partial charge in [-0.05, 0) is 18.9 Å². The van der Waals surface area contributed by atoms with Crippen molar-refractivity contribution in [3.8, 4) is 17.1 Å². The van der Waals surface area contributed by atoms with Gasteiger partial charge in [0.25, 0.3) is 0 Å². The molecule has 4 nitrogen and oxygen atoms in total. The van der Waals surface area contributed by atoms with Gasteiger partial charge in [0.15, 0.2) is 0 Å². The fraction of sp³-hybridized carbons (Fsp3) is 0.333. The number of nitrogens with zero attached hydrogens (tertiary/aromatic N) is 2. The smallest absolute Gasteiger partial charge is 0.212 e. The van der Waals surface area contributed by atoms with Gasteiger partial charge < -0.3 is 9.26 Å². The summed E-state index contributed by atoms with van der Waals surface area (Å²) in [7, 11) is 1.60. The van der Waals surface area contributed by atoms with E-state index >= 15 is 0 Å². The molecule has 2 aromatic rings. The Morgan fingerprint density at radius 1 is 1.38 bits per heavy atom. The van der Waals surface area contributed by atoms with E-state index in [0.29, 0.717) is 11.8 Å². The molecule has 3 rings (SSSR count). The fourth-order valence-electron chi connectivity index (χ4n) is 1.64. The number of hydrogen-bond donors (Lipinski definition) is 0. The third kappa shape index (κ3) is 1.66. The summed E-state index contributed by atoms with van der Waals surface area (Å²) in [5.41, 5.74) is 1.80. The van der Waals surface area contributed by atoms with E-state index in [-0.39, 0.29) is 0 Å². The summed E-state index contributed by atoms with van der Waals surface area (Å²) in [6, 6.07) is 5.75. The minimum Gasteiger partial charge on any atom is -0.481 e. The highest BCUT2D eigenvalue weighted by Gasteiger charge is 2.28. The van der Waals surface area contributed by atoms with Gasteiger partial charge in [-0.25, -0.2) is 4.98 Å². The molecule has 0 aliphatic heterocycles. The Balaban J connectivity index is 1.88. The van der Waals surface area contributed by atoms with Gasteiger partial charge >= 0.3 is 0 Å². The van der Waals surface area contributed by atoms with Gasteiger partial charge in [-0.15, -0.1) is 0 Å². The molecule has 2 aromatic heterocycles. The third-order valence-corrected chi connectivity index (χ3v) is 2.75. The Hall–Kier alpha value is -1.84. The molecule has 1 aliphatic rings. The lowest BCUT2D eigenvalue weighted by Gasteiger charge is -1.98. The van der Waals surface area contributed by atoms with Crippen LogP contribution in [-0.2, 0) is 0 Å². The van der Waals surface area contributed by atoms with Crippen LogP contribution in [0, 0.1) is 0 Å². The van der Waals surface area contributed by atoms with Crippen LogP contribution in [0.1, 0.15) is 24.5 Å². The van der Waals surface area contributed by atoms with Gasteiger partial charge in [-0.1, -0.05) is 5.16 Å². The average molecular weight is 216 g/mol. The van der Waals surface area contributed by atoms with E-state index in [1.165, 1.54) is 12.8 Å². The minimum atomic E-state index is 0.590. The van der Waals surface area contributed by atoms with E-state index in [2.05, 4.69) is 10.1 Å². The molecule has 0 saturated heterocycles. The van der Waals surface area contributed by atoms with Gasteiger partial charge in [0, 0.05) is 29.8 Å². The topological polar surface area (TPSA) is 48.2 Å². The SMILES string of the molecule is COc1ccc(-c2cc(C3CC3)on2)cn1. The number of rotatable bonds is 3. The second-order valence-electron chi connectivity index (χ2n) is 3.98. The Kier molecular flexibility index (Phi) is 2.13. The van der Waals surface area contributed by atoms with E-state index in [9.17, 15) is 0 Å². The number of ether oxygens (including phenoxy) is 1. The number of methoxy groups -OCH3 is 1. The van der Waals surface area contributed by atoms with Crippen molar-refractivity contribution in [1.29, 1.82) is 0 Å². The van der Waals surface area contributed by atoms with Crippen LogP contribution in [0.15, 0.2) is 28.9 Å². The average Bonchev–Trinajstić information content (AvgIpc) is 3.08. The van der Waals surface area contributed by atoms with Crippen LogP contribution in [0.25, 0.3) is 11.3 Å². The van der Waals surface area contributed by atoms with Crippen molar-refractivity contribution in [2.24, 2.45) is 0 Å². The predicted molar refractivity (Wildman–Crippen MR) is 58.3 cm³/mol. The summed E-state index contributed by atoms with van der Waals surface area (Å²) in [5, 5.41) is 4.05. The van der Waals surface area contributed by atoms with E-state index in [0.717, 1.165) is 17.0 Å². The second kappa shape index (κ2) is 3.63. The maximum atomic E-state index is 5.29. The molecule has 0 radical (unpaired) electrons. The van der Waals surface area contributed by atoms with E-state index in [1.807, 2.05) is 18.2 Å². The van der Waals surface area contributed by atoms with Crippen molar-refractivity contribution >= 4 is 0 Å². The summed E-state index contributed by atoms with van der Waals surface area (Å²) in [5.74, 6) is 2.19. The van der Waals surface area contributed by atoms with Crippen molar-refractivity contribution in [1.82, 2.24) is 10.1 Å². The van der Waals surface area contributed by atoms with Gasteiger partial charge in [0.2, 0.25) is 5.88 Å². The lowest BCUT2D eigenvalue weighted by atomic mass is 10.2. The Morgan fingerprint density at radius 3 is 2.88 bits per heavy atom. The first kappa shape index (κ1) is 9.39. The first-order chi connectivity index (χ1) is 7.86. The lowest BCUT2D eigenvalue weighted by Crippen LogP contribution is -1.86. The molecule has 1 fully saturated rings. The van der Waals surface area contributed by atoms with Gasteiger partial charge in [-0.3, -0.25) is 0 Å².